The fourth-order valence-corrected chi connectivity index (χ4v) is 9.02. The summed E-state index contributed by atoms with van der Waals surface area (Å²) < 4.78 is 56.6. The number of ether oxygens (including phenoxy) is 3. The standard InChI is InChI=1S/C54H83N3O16P2/c1-3-5-7-8-9-10-11-12-13-14-15-18-21-24-27-30-34-38-49(59)68-42-46(71-50(60)39-35-31-28-25-22-19-16-17-20-23-26-29-33-37-45(58)36-32-6-4-2)43-69-74(64,65)73-75(66,67)70-44-47-51(61)52(62)53(72-47)57-41-40-48(55)56-54(57)63/h6,12-13,15,17-20,22,24,26-29,31-33,37,40-41,45-47,51-53,58,61-62H,3-5,7-11,14,16,21,23,25,30,34-36,38-39,42-44H2,1-2H3,(H,64,65)(H,66,67)(H2,55,56,63)/b13-12-,18-15-,20-17-,22-19-,27-24-,29-26+,31-28-,32-6-,37-33+/t45?,46-,47-,51-,52-,53-/m1/s1. The van der Waals surface area contributed by atoms with E-state index in [1.807, 2.05) is 79.8 Å². The fraction of sp³-hybridized carbons (Fsp3) is 0.556. The number of aliphatic hydroxyl groups is 3. The summed E-state index contributed by atoms with van der Waals surface area (Å²) in [6, 6.07) is 1.24. The number of esters is 2. The van der Waals surface area contributed by atoms with Crippen LogP contribution in [0.25, 0.3) is 0 Å². The number of hydrogen-bond acceptors (Lipinski definition) is 16. The normalized spacial score (nSPS) is 20.1. The van der Waals surface area contributed by atoms with Crippen molar-refractivity contribution in [2.75, 3.05) is 25.6 Å². The molecule has 19 nitrogen and oxygen atoms in total. The van der Waals surface area contributed by atoms with Crippen LogP contribution in [-0.2, 0) is 46.3 Å². The molecule has 3 unspecified atom stereocenters. The number of hydrogen-bond donors (Lipinski definition) is 6. The zero-order valence-corrected chi connectivity index (χ0v) is 45.4. The molecule has 1 aliphatic heterocycles. The number of phosphoric ester groups is 2. The molecule has 1 fully saturated rings. The van der Waals surface area contributed by atoms with Crippen LogP contribution in [0.3, 0.4) is 0 Å². The molecule has 2 rings (SSSR count). The summed E-state index contributed by atoms with van der Waals surface area (Å²) in [5.41, 5.74) is 4.57. The van der Waals surface area contributed by atoms with E-state index < -0.39 is 89.8 Å². The van der Waals surface area contributed by atoms with Gasteiger partial charge in [0.2, 0.25) is 0 Å². The quantitative estimate of drug-likeness (QED) is 0.0117. The monoisotopic (exact) mass is 1090 g/mol. The molecule has 0 aliphatic carbocycles. The largest absolute Gasteiger partial charge is 0.481 e. The first kappa shape index (κ1) is 66.5. The van der Waals surface area contributed by atoms with Crippen LogP contribution in [0.4, 0.5) is 5.82 Å². The van der Waals surface area contributed by atoms with Gasteiger partial charge in [0.1, 0.15) is 30.7 Å². The highest BCUT2D eigenvalue weighted by atomic mass is 31.3. The van der Waals surface area contributed by atoms with Crippen LogP contribution in [0.15, 0.2) is 126 Å². The van der Waals surface area contributed by atoms with Gasteiger partial charge in [0.15, 0.2) is 12.3 Å². The van der Waals surface area contributed by atoms with Crippen LogP contribution >= 0.6 is 15.6 Å². The number of unbranched alkanes of at least 4 members (excludes halogenated alkanes) is 7. The third kappa shape index (κ3) is 33.2. The second kappa shape index (κ2) is 40.6. The van der Waals surface area contributed by atoms with Crippen LogP contribution in [0.2, 0.25) is 0 Å². The van der Waals surface area contributed by atoms with Gasteiger partial charge in [-0.05, 0) is 83.1 Å². The molecule has 8 atom stereocenters. The van der Waals surface area contributed by atoms with Gasteiger partial charge in [0, 0.05) is 19.0 Å². The van der Waals surface area contributed by atoms with Gasteiger partial charge < -0.3 is 45.1 Å². The second-order valence-electron chi connectivity index (χ2n) is 17.5. The van der Waals surface area contributed by atoms with Crippen molar-refractivity contribution in [1.29, 1.82) is 0 Å². The molecule has 0 amide bonds. The summed E-state index contributed by atoms with van der Waals surface area (Å²) in [7, 11) is -10.9. The van der Waals surface area contributed by atoms with Gasteiger partial charge in [-0.25, -0.2) is 13.9 Å². The number of allylic oxidation sites excluding steroid dienone is 16. The van der Waals surface area contributed by atoms with Crippen molar-refractivity contribution < 1.29 is 71.4 Å². The predicted octanol–water partition coefficient (Wildman–Crippen LogP) is 9.97. The van der Waals surface area contributed by atoms with E-state index in [4.69, 9.17) is 29.0 Å². The van der Waals surface area contributed by atoms with Crippen molar-refractivity contribution in [3.8, 4) is 0 Å². The van der Waals surface area contributed by atoms with E-state index in [0.717, 1.165) is 49.3 Å². The molecule has 21 heteroatoms. The Morgan fingerprint density at radius 1 is 0.720 bits per heavy atom. The molecular weight excluding hydrogens is 1010 g/mol. The zero-order valence-electron chi connectivity index (χ0n) is 43.7. The average molecular weight is 1090 g/mol. The van der Waals surface area contributed by atoms with Gasteiger partial charge in [-0.1, -0.05) is 155 Å². The van der Waals surface area contributed by atoms with E-state index in [2.05, 4.69) is 40.5 Å². The first-order valence-electron chi connectivity index (χ1n) is 26.0. The van der Waals surface area contributed by atoms with Gasteiger partial charge in [0.05, 0.1) is 19.3 Å². The number of anilines is 1. The summed E-state index contributed by atoms with van der Waals surface area (Å²) in [6.45, 7) is 1.80. The first-order chi connectivity index (χ1) is 36.1. The minimum Gasteiger partial charge on any atom is -0.462 e. The average Bonchev–Trinajstić information content (AvgIpc) is 3.64. The SMILES string of the molecule is CC/C=C\CC(O)/C=C/C=C/C/C=C\C/C=C\C/C=C\CCC(=O)O[C@H](COC(=O)CCC/C=C\C/C=C\C/C=C\CCCCCCCC)COP(=O)(O)OP(=O)(O)OC[C@H]1O[C@@H](n2ccc(N)nc2=O)[C@H](O)[C@@H]1O. The van der Waals surface area contributed by atoms with Crippen molar-refractivity contribution >= 4 is 33.4 Å². The van der Waals surface area contributed by atoms with Crippen molar-refractivity contribution in [3.05, 3.63) is 132 Å². The third-order valence-electron chi connectivity index (χ3n) is 10.9. The summed E-state index contributed by atoms with van der Waals surface area (Å²) in [5, 5.41) is 30.8. The summed E-state index contributed by atoms with van der Waals surface area (Å²) in [5.74, 6) is -1.50. The fourth-order valence-electron chi connectivity index (χ4n) is 6.91. The Kier molecular flexibility index (Phi) is 36.0. The Bertz CT molecular complexity index is 2200. The first-order valence-corrected chi connectivity index (χ1v) is 29.0. The number of aliphatic hydroxyl groups excluding tert-OH is 3. The van der Waals surface area contributed by atoms with Crippen molar-refractivity contribution in [2.45, 2.75) is 173 Å². The molecule has 75 heavy (non-hydrogen) atoms. The van der Waals surface area contributed by atoms with Gasteiger partial charge >= 0.3 is 33.3 Å². The van der Waals surface area contributed by atoms with Crippen molar-refractivity contribution in [1.82, 2.24) is 9.55 Å². The Morgan fingerprint density at radius 2 is 1.31 bits per heavy atom. The van der Waals surface area contributed by atoms with Gasteiger partial charge in [0.25, 0.3) is 0 Å². The Hall–Kier alpha value is -4.62. The molecule has 0 saturated carbocycles. The van der Waals surface area contributed by atoms with Crippen molar-refractivity contribution in [2.24, 2.45) is 0 Å². The predicted molar refractivity (Wildman–Crippen MR) is 290 cm³/mol. The molecule has 1 aliphatic rings. The van der Waals surface area contributed by atoms with E-state index >= 15 is 0 Å². The molecule has 1 saturated heterocycles. The maximum absolute atomic E-state index is 12.9. The Balaban J connectivity index is 1.87. The number of aromatic nitrogens is 2. The van der Waals surface area contributed by atoms with Crippen LogP contribution in [0.1, 0.15) is 142 Å². The molecule has 1 aromatic rings. The summed E-state index contributed by atoms with van der Waals surface area (Å²) in [6.07, 6.45) is 43.8. The van der Waals surface area contributed by atoms with E-state index in [1.165, 1.54) is 44.6 Å². The summed E-state index contributed by atoms with van der Waals surface area (Å²) >= 11 is 0. The number of phosphoric acid groups is 2. The molecule has 0 spiro atoms. The number of carbonyl (C=O) groups is 2. The molecular formula is C54H83N3O16P2. The topological polar surface area (TPSA) is 286 Å². The van der Waals surface area contributed by atoms with E-state index in [0.29, 0.717) is 25.7 Å². The number of nitrogen functional groups attached to an aromatic ring is 1. The minimum atomic E-state index is -5.47. The molecule has 7 N–H and O–H groups in total. The second-order valence-corrected chi connectivity index (χ2v) is 20.5. The highest BCUT2D eigenvalue weighted by molar-refractivity contribution is 7.61. The lowest BCUT2D eigenvalue weighted by molar-refractivity contribution is -0.161. The lowest BCUT2D eigenvalue weighted by Crippen LogP contribution is -2.36. The molecule has 420 valence electrons. The van der Waals surface area contributed by atoms with Gasteiger partial charge in [-0.15, -0.1) is 0 Å². The summed E-state index contributed by atoms with van der Waals surface area (Å²) in [4.78, 5) is 61.9. The molecule has 0 bridgehead atoms. The molecule has 0 aromatic carbocycles. The number of carbonyl (C=O) groups excluding carboxylic acids is 2. The maximum Gasteiger partial charge on any atom is 0.481 e. The smallest absolute Gasteiger partial charge is 0.462 e. The van der Waals surface area contributed by atoms with Gasteiger partial charge in [-0.3, -0.25) is 23.2 Å². The van der Waals surface area contributed by atoms with Crippen LogP contribution < -0.4 is 11.4 Å². The van der Waals surface area contributed by atoms with E-state index in [-0.39, 0.29) is 25.1 Å². The maximum atomic E-state index is 12.9. The number of rotatable bonds is 41. The van der Waals surface area contributed by atoms with Crippen LogP contribution in [-0.4, -0.2) is 96.9 Å². The minimum absolute atomic E-state index is 0.0253. The van der Waals surface area contributed by atoms with E-state index in [1.54, 1.807) is 12.2 Å². The highest BCUT2D eigenvalue weighted by Gasteiger charge is 2.46. The lowest BCUT2D eigenvalue weighted by atomic mass is 10.1. The van der Waals surface area contributed by atoms with Crippen molar-refractivity contribution in [3.63, 3.8) is 0 Å². The lowest BCUT2D eigenvalue weighted by Gasteiger charge is -2.21. The van der Waals surface area contributed by atoms with Crippen LogP contribution in [0, 0.1) is 0 Å². The zero-order chi connectivity index (χ0) is 55.0. The molecule has 1 aromatic heterocycles. The third-order valence-corrected chi connectivity index (χ3v) is 13.5. The number of nitrogens with two attached hydrogens (primary N) is 1. The van der Waals surface area contributed by atoms with Gasteiger partial charge in [-0.2, -0.15) is 9.29 Å². The van der Waals surface area contributed by atoms with E-state index in [9.17, 15) is 48.6 Å². The Morgan fingerprint density at radius 3 is 1.95 bits per heavy atom. The highest BCUT2D eigenvalue weighted by Crippen LogP contribution is 2.60. The Labute approximate surface area is 443 Å². The number of nitrogens with zero attached hydrogens (tertiary/aromatic N) is 2. The molecule has 0 radical (unpaired) electrons. The van der Waals surface area contributed by atoms with Crippen LogP contribution in [0.5, 0.6) is 0 Å². The molecule has 2 heterocycles.